The number of likely N-dealkylation sites (N-methyl/N-ethyl adjacent to an activating group) is 1. The van der Waals surface area contributed by atoms with Crippen molar-refractivity contribution in [3.63, 3.8) is 0 Å². The van der Waals surface area contributed by atoms with Crippen molar-refractivity contribution in [1.82, 2.24) is 5.32 Å². The maximum atomic E-state index is 3.69. The second-order valence-electron chi connectivity index (χ2n) is 5.97. The predicted molar refractivity (Wildman–Crippen MR) is 80.9 cm³/mol. The molecule has 1 heteroatoms. The third-order valence-corrected chi connectivity index (χ3v) is 3.54. The van der Waals surface area contributed by atoms with Gasteiger partial charge in [-0.05, 0) is 36.3 Å². The zero-order chi connectivity index (χ0) is 13.5. The van der Waals surface area contributed by atoms with Gasteiger partial charge in [0.15, 0.2) is 0 Å². The summed E-state index contributed by atoms with van der Waals surface area (Å²) in [6.07, 6.45) is 1.25. The van der Waals surface area contributed by atoms with Crippen molar-refractivity contribution < 1.29 is 0 Å². The van der Waals surface area contributed by atoms with Gasteiger partial charge >= 0.3 is 0 Å². The van der Waals surface area contributed by atoms with Gasteiger partial charge in [-0.2, -0.15) is 0 Å². The van der Waals surface area contributed by atoms with Crippen LogP contribution in [0.5, 0.6) is 0 Å². The van der Waals surface area contributed by atoms with Gasteiger partial charge in [0.2, 0.25) is 0 Å². The highest BCUT2D eigenvalue weighted by Gasteiger charge is 2.25. The molecule has 0 bridgehead atoms. The Morgan fingerprint density at radius 3 is 2.06 bits per heavy atom. The lowest BCUT2D eigenvalue weighted by Gasteiger charge is -2.32. The van der Waals surface area contributed by atoms with Gasteiger partial charge in [-0.1, -0.05) is 65.0 Å². The molecule has 0 aliphatic rings. The van der Waals surface area contributed by atoms with E-state index in [4.69, 9.17) is 0 Å². The highest BCUT2D eigenvalue weighted by Crippen LogP contribution is 2.30. The molecule has 2 unspecified atom stereocenters. The van der Waals surface area contributed by atoms with Crippen LogP contribution in [0.2, 0.25) is 0 Å². The summed E-state index contributed by atoms with van der Waals surface area (Å²) in [7, 11) is 0. The van der Waals surface area contributed by atoms with Gasteiger partial charge in [-0.15, -0.1) is 0 Å². The number of benzene rings is 1. The highest BCUT2D eigenvalue weighted by molar-refractivity contribution is 5.21. The molecule has 0 saturated carbocycles. The van der Waals surface area contributed by atoms with Crippen molar-refractivity contribution in [3.8, 4) is 0 Å². The van der Waals surface area contributed by atoms with Crippen molar-refractivity contribution >= 4 is 0 Å². The summed E-state index contributed by atoms with van der Waals surface area (Å²) in [5, 5.41) is 3.69. The lowest BCUT2D eigenvalue weighted by molar-refractivity contribution is 0.313. The Bertz CT molecular complexity index is 316. The number of hydrogen-bond acceptors (Lipinski definition) is 1. The van der Waals surface area contributed by atoms with Crippen LogP contribution < -0.4 is 5.32 Å². The van der Waals surface area contributed by atoms with Gasteiger partial charge in [0.25, 0.3) is 0 Å². The molecular formula is C17H29N. The molecule has 1 aromatic rings. The molecule has 1 N–H and O–H groups in total. The smallest absolute Gasteiger partial charge is 0.0159 e. The minimum absolute atomic E-state index is 0.569. The molecule has 0 aliphatic carbocycles. The average Bonchev–Trinajstić information content (AvgIpc) is 2.34. The van der Waals surface area contributed by atoms with E-state index in [0.29, 0.717) is 17.9 Å². The van der Waals surface area contributed by atoms with Crippen molar-refractivity contribution in [3.05, 3.63) is 35.9 Å². The Hall–Kier alpha value is -0.820. The first-order valence-electron chi connectivity index (χ1n) is 7.34. The predicted octanol–water partition coefficient (Wildman–Crippen LogP) is 4.45. The topological polar surface area (TPSA) is 12.0 Å². The quantitative estimate of drug-likeness (QED) is 0.750. The van der Waals surface area contributed by atoms with E-state index in [2.05, 4.69) is 70.3 Å². The zero-order valence-electron chi connectivity index (χ0n) is 12.6. The molecule has 0 amide bonds. The van der Waals surface area contributed by atoms with Gasteiger partial charge < -0.3 is 5.32 Å². The van der Waals surface area contributed by atoms with E-state index in [1.165, 1.54) is 12.0 Å². The fraction of sp³-hybridized carbons (Fsp3) is 0.647. The second kappa shape index (κ2) is 7.58. The molecule has 2 atom stereocenters. The molecule has 1 aromatic carbocycles. The van der Waals surface area contributed by atoms with E-state index in [1.54, 1.807) is 0 Å². The Balaban J connectivity index is 2.95. The Morgan fingerprint density at radius 1 is 1.00 bits per heavy atom. The van der Waals surface area contributed by atoms with Gasteiger partial charge in [-0.25, -0.2) is 0 Å². The molecule has 0 aromatic heterocycles. The summed E-state index contributed by atoms with van der Waals surface area (Å²) in [4.78, 5) is 0. The molecule has 0 heterocycles. The third kappa shape index (κ3) is 4.45. The van der Waals surface area contributed by atoms with Gasteiger partial charge in [-0.3, -0.25) is 0 Å². The average molecular weight is 247 g/mol. The molecule has 102 valence electrons. The van der Waals surface area contributed by atoms with E-state index in [-0.39, 0.29) is 0 Å². The first-order valence-corrected chi connectivity index (χ1v) is 7.34. The van der Waals surface area contributed by atoms with Crippen molar-refractivity contribution in [2.75, 3.05) is 6.54 Å². The van der Waals surface area contributed by atoms with E-state index in [1.807, 2.05) is 0 Å². The van der Waals surface area contributed by atoms with Gasteiger partial charge in [0, 0.05) is 6.04 Å². The number of hydrogen-bond donors (Lipinski definition) is 1. The highest BCUT2D eigenvalue weighted by atomic mass is 14.9. The molecule has 0 fully saturated rings. The Labute approximate surface area is 113 Å². The van der Waals surface area contributed by atoms with Crippen molar-refractivity contribution in [2.45, 2.75) is 53.0 Å². The van der Waals surface area contributed by atoms with E-state index in [9.17, 15) is 0 Å². The summed E-state index contributed by atoms with van der Waals surface area (Å²) < 4.78 is 0. The van der Waals surface area contributed by atoms with Crippen molar-refractivity contribution in [1.29, 1.82) is 0 Å². The summed E-state index contributed by atoms with van der Waals surface area (Å²) >= 11 is 0. The standard InChI is InChI=1S/C17H29N/c1-6-18-17(14(4)5)16(12-13(2)3)15-10-8-7-9-11-15/h7-11,13-14,16-18H,6,12H2,1-5H3. The fourth-order valence-electron chi connectivity index (χ4n) is 2.78. The maximum absolute atomic E-state index is 3.69. The minimum Gasteiger partial charge on any atom is -0.313 e. The van der Waals surface area contributed by atoms with Crippen LogP contribution in [0.4, 0.5) is 0 Å². The van der Waals surface area contributed by atoms with Crippen LogP contribution in [-0.4, -0.2) is 12.6 Å². The van der Waals surface area contributed by atoms with Crippen LogP contribution >= 0.6 is 0 Å². The maximum Gasteiger partial charge on any atom is 0.0159 e. The fourth-order valence-corrected chi connectivity index (χ4v) is 2.78. The zero-order valence-corrected chi connectivity index (χ0v) is 12.6. The number of rotatable bonds is 7. The van der Waals surface area contributed by atoms with Crippen LogP contribution in [0.25, 0.3) is 0 Å². The van der Waals surface area contributed by atoms with Crippen LogP contribution in [0.1, 0.15) is 52.5 Å². The molecule has 0 spiro atoms. The third-order valence-electron chi connectivity index (χ3n) is 3.54. The summed E-state index contributed by atoms with van der Waals surface area (Å²) in [5.74, 6) is 2.01. The van der Waals surface area contributed by atoms with E-state index in [0.717, 1.165) is 12.5 Å². The molecule has 0 aliphatic heterocycles. The molecule has 1 rings (SSSR count). The monoisotopic (exact) mass is 247 g/mol. The first-order chi connectivity index (χ1) is 8.56. The van der Waals surface area contributed by atoms with Gasteiger partial charge in [0.05, 0.1) is 0 Å². The first kappa shape index (κ1) is 15.2. The molecule has 0 saturated heterocycles. The molecular weight excluding hydrogens is 218 g/mol. The van der Waals surface area contributed by atoms with E-state index >= 15 is 0 Å². The van der Waals surface area contributed by atoms with Crippen molar-refractivity contribution in [2.24, 2.45) is 11.8 Å². The SMILES string of the molecule is CCNC(C(C)C)C(CC(C)C)c1ccccc1. The van der Waals surface area contributed by atoms with Crippen LogP contribution in [0, 0.1) is 11.8 Å². The largest absolute Gasteiger partial charge is 0.313 e. The normalized spacial score (nSPS) is 15.1. The summed E-state index contributed by atoms with van der Waals surface area (Å²) in [6.45, 7) is 12.5. The minimum atomic E-state index is 0.569. The Morgan fingerprint density at radius 2 is 1.61 bits per heavy atom. The summed E-state index contributed by atoms with van der Waals surface area (Å²) in [5.41, 5.74) is 1.48. The molecule has 1 nitrogen and oxygen atoms in total. The lowest BCUT2D eigenvalue weighted by atomic mass is 9.80. The van der Waals surface area contributed by atoms with Crippen LogP contribution in [-0.2, 0) is 0 Å². The molecule has 0 radical (unpaired) electrons. The van der Waals surface area contributed by atoms with Crippen LogP contribution in [0.3, 0.4) is 0 Å². The second-order valence-corrected chi connectivity index (χ2v) is 5.97. The van der Waals surface area contributed by atoms with E-state index < -0.39 is 0 Å². The summed E-state index contributed by atoms with van der Waals surface area (Å²) in [6, 6.07) is 11.5. The number of nitrogens with one attached hydrogen (secondary N) is 1. The lowest BCUT2D eigenvalue weighted by Crippen LogP contribution is -2.39. The van der Waals surface area contributed by atoms with Crippen LogP contribution in [0.15, 0.2) is 30.3 Å². The Kier molecular flexibility index (Phi) is 6.42. The van der Waals surface area contributed by atoms with Gasteiger partial charge in [0.1, 0.15) is 0 Å². The molecule has 18 heavy (non-hydrogen) atoms.